The molecule has 0 saturated carbocycles. The topological polar surface area (TPSA) is 17.8 Å². The van der Waals surface area contributed by atoms with Crippen LogP contribution in [0.25, 0.3) is 0 Å². The third kappa shape index (κ3) is 1.68. The Morgan fingerprint density at radius 1 is 1.17 bits per heavy atom. The van der Waals surface area contributed by atoms with E-state index in [0.717, 1.165) is 0 Å². The molecule has 3 heteroatoms. The van der Waals surface area contributed by atoms with E-state index >= 15 is 0 Å². The molecule has 2 rings (SSSR count). The molecular weight excluding hydrogens is 168 g/mol. The summed E-state index contributed by atoms with van der Waals surface area (Å²) >= 11 is 1.65. The molecule has 60 valence electrons. The van der Waals surface area contributed by atoms with Gasteiger partial charge in [-0.1, -0.05) is 18.2 Å². The molecule has 2 nitrogen and oxygen atoms in total. The summed E-state index contributed by atoms with van der Waals surface area (Å²) in [4.78, 5) is 5.18. The zero-order valence-electron chi connectivity index (χ0n) is 6.42. The fraction of sp³-hybridized carbons (Fsp3) is 0. The molecule has 1 aromatic heterocycles. The summed E-state index contributed by atoms with van der Waals surface area (Å²) in [5, 5.41) is 0. The molecule has 0 aliphatic rings. The maximum atomic E-state index is 3.96. The fourth-order valence-electron chi connectivity index (χ4n) is 0.904. The van der Waals surface area contributed by atoms with Crippen molar-refractivity contribution in [2.75, 3.05) is 0 Å². The van der Waals surface area contributed by atoms with Gasteiger partial charge in [0.15, 0.2) is 0 Å². The van der Waals surface area contributed by atoms with Crippen molar-refractivity contribution in [2.45, 2.75) is 4.90 Å². The third-order valence-electron chi connectivity index (χ3n) is 1.43. The van der Waals surface area contributed by atoms with Crippen molar-refractivity contribution in [1.29, 1.82) is 0 Å². The molecule has 0 fully saturated rings. The Balaban J connectivity index is 2.15. The molecular formula is C9H8N2S. The summed E-state index contributed by atoms with van der Waals surface area (Å²) in [6.07, 6.45) is 5.49. The summed E-state index contributed by atoms with van der Waals surface area (Å²) in [7, 11) is 0. The zero-order valence-corrected chi connectivity index (χ0v) is 7.24. The van der Waals surface area contributed by atoms with Gasteiger partial charge in [0, 0.05) is 17.3 Å². The average molecular weight is 176 g/mol. The van der Waals surface area contributed by atoms with Gasteiger partial charge in [-0.05, 0) is 24.1 Å². The molecule has 12 heavy (non-hydrogen) atoms. The van der Waals surface area contributed by atoms with Crippen LogP contribution in [0.5, 0.6) is 0 Å². The molecule has 0 radical (unpaired) electrons. The predicted molar refractivity (Wildman–Crippen MR) is 49.9 cm³/mol. The molecule has 0 unspecified atom stereocenters. The molecule has 0 N–H and O–H groups in total. The van der Waals surface area contributed by atoms with E-state index in [9.17, 15) is 0 Å². The van der Waals surface area contributed by atoms with Crippen molar-refractivity contribution in [3.05, 3.63) is 49.1 Å². The van der Waals surface area contributed by atoms with Gasteiger partial charge in [-0.2, -0.15) is 0 Å². The first-order chi connectivity index (χ1) is 5.95. The van der Waals surface area contributed by atoms with Crippen molar-refractivity contribution >= 4 is 11.9 Å². The lowest BCUT2D eigenvalue weighted by Gasteiger charge is -1.98. The minimum atomic E-state index is 1.22. The van der Waals surface area contributed by atoms with Crippen molar-refractivity contribution in [3.63, 3.8) is 0 Å². The average Bonchev–Trinajstić information content (AvgIpc) is 2.59. The molecule has 0 saturated heterocycles. The van der Waals surface area contributed by atoms with E-state index in [0.29, 0.717) is 0 Å². The van der Waals surface area contributed by atoms with Crippen LogP contribution in [-0.4, -0.2) is 8.96 Å². The second-order valence-electron chi connectivity index (χ2n) is 2.33. The van der Waals surface area contributed by atoms with Gasteiger partial charge in [0.05, 0.1) is 0 Å². The SMILES string of the molecule is c1ccc(Sn2ccnc2)cc1. The Hall–Kier alpha value is -1.22. The highest BCUT2D eigenvalue weighted by Crippen LogP contribution is 2.18. The molecule has 1 heterocycles. The number of aromatic nitrogens is 2. The lowest BCUT2D eigenvalue weighted by atomic mass is 10.4. The summed E-state index contributed by atoms with van der Waals surface area (Å²) in [5.74, 6) is 0. The number of benzene rings is 1. The van der Waals surface area contributed by atoms with Crippen LogP contribution in [0.15, 0.2) is 53.9 Å². The third-order valence-corrected chi connectivity index (χ3v) is 2.34. The van der Waals surface area contributed by atoms with Gasteiger partial charge in [-0.3, -0.25) is 3.97 Å². The van der Waals surface area contributed by atoms with Crippen LogP contribution >= 0.6 is 11.9 Å². The predicted octanol–water partition coefficient (Wildman–Crippen LogP) is 2.44. The largest absolute Gasteiger partial charge is 0.276 e. The minimum absolute atomic E-state index is 1.22. The minimum Gasteiger partial charge on any atom is -0.276 e. The van der Waals surface area contributed by atoms with E-state index in [1.807, 2.05) is 28.4 Å². The van der Waals surface area contributed by atoms with Gasteiger partial charge < -0.3 is 0 Å². The van der Waals surface area contributed by atoms with Crippen LogP contribution < -0.4 is 0 Å². The quantitative estimate of drug-likeness (QED) is 0.699. The summed E-state index contributed by atoms with van der Waals surface area (Å²) in [5.41, 5.74) is 0. The van der Waals surface area contributed by atoms with Crippen molar-refractivity contribution in [1.82, 2.24) is 8.96 Å². The van der Waals surface area contributed by atoms with Gasteiger partial charge >= 0.3 is 0 Å². The number of imidazole rings is 1. The van der Waals surface area contributed by atoms with Gasteiger partial charge in [0.2, 0.25) is 0 Å². The molecule has 1 aromatic carbocycles. The summed E-state index contributed by atoms with van der Waals surface area (Å²) in [6.45, 7) is 0. The number of hydrogen-bond acceptors (Lipinski definition) is 2. The van der Waals surface area contributed by atoms with Gasteiger partial charge in [0.25, 0.3) is 0 Å². The van der Waals surface area contributed by atoms with Crippen molar-refractivity contribution in [3.8, 4) is 0 Å². The highest BCUT2D eigenvalue weighted by Gasteiger charge is 1.92. The Kier molecular flexibility index (Phi) is 2.14. The second kappa shape index (κ2) is 3.45. The maximum absolute atomic E-state index is 3.96. The number of hydrogen-bond donors (Lipinski definition) is 0. The Labute approximate surface area is 75.4 Å². The van der Waals surface area contributed by atoms with Crippen LogP contribution in [0, 0.1) is 0 Å². The van der Waals surface area contributed by atoms with E-state index in [4.69, 9.17) is 0 Å². The zero-order chi connectivity index (χ0) is 8.23. The van der Waals surface area contributed by atoms with Crippen LogP contribution in [0.3, 0.4) is 0 Å². The first-order valence-electron chi connectivity index (χ1n) is 3.66. The molecule has 0 amide bonds. The van der Waals surface area contributed by atoms with Crippen LogP contribution in [0.4, 0.5) is 0 Å². The van der Waals surface area contributed by atoms with Gasteiger partial charge in [-0.25, -0.2) is 4.98 Å². The van der Waals surface area contributed by atoms with E-state index in [1.54, 1.807) is 24.5 Å². The normalized spacial score (nSPS) is 10.0. The van der Waals surface area contributed by atoms with Gasteiger partial charge in [0.1, 0.15) is 6.33 Å². The second-order valence-corrected chi connectivity index (χ2v) is 3.40. The smallest absolute Gasteiger partial charge is 0.105 e. The number of rotatable bonds is 2. The Morgan fingerprint density at radius 3 is 2.67 bits per heavy atom. The van der Waals surface area contributed by atoms with Crippen LogP contribution in [-0.2, 0) is 0 Å². The molecule has 0 spiro atoms. The fourth-order valence-corrected chi connectivity index (χ4v) is 1.64. The number of nitrogens with zero attached hydrogens (tertiary/aromatic N) is 2. The molecule has 2 aromatic rings. The maximum Gasteiger partial charge on any atom is 0.105 e. The summed E-state index contributed by atoms with van der Waals surface area (Å²) < 4.78 is 1.97. The monoisotopic (exact) mass is 176 g/mol. The highest BCUT2D eigenvalue weighted by molar-refractivity contribution is 7.97. The first-order valence-corrected chi connectivity index (χ1v) is 4.44. The highest BCUT2D eigenvalue weighted by atomic mass is 32.2. The van der Waals surface area contributed by atoms with Gasteiger partial charge in [-0.15, -0.1) is 0 Å². The lowest BCUT2D eigenvalue weighted by molar-refractivity contribution is 1.22. The molecule has 0 atom stereocenters. The Bertz CT molecular complexity index is 329. The molecule has 0 aliphatic carbocycles. The van der Waals surface area contributed by atoms with Crippen molar-refractivity contribution < 1.29 is 0 Å². The van der Waals surface area contributed by atoms with Crippen molar-refractivity contribution in [2.24, 2.45) is 0 Å². The lowest BCUT2D eigenvalue weighted by Crippen LogP contribution is -1.79. The standard InChI is InChI=1S/C9H8N2S/c1-2-4-9(5-3-1)12-11-7-6-10-8-11/h1-8H. The van der Waals surface area contributed by atoms with E-state index < -0.39 is 0 Å². The van der Waals surface area contributed by atoms with E-state index in [-0.39, 0.29) is 0 Å². The Morgan fingerprint density at radius 2 is 2.00 bits per heavy atom. The van der Waals surface area contributed by atoms with Crippen LogP contribution in [0.1, 0.15) is 0 Å². The molecule has 0 aliphatic heterocycles. The summed E-state index contributed by atoms with van der Waals surface area (Å²) in [6, 6.07) is 10.2. The molecule has 0 bridgehead atoms. The first kappa shape index (κ1) is 7.43. The van der Waals surface area contributed by atoms with E-state index in [1.165, 1.54) is 4.90 Å². The van der Waals surface area contributed by atoms with E-state index in [2.05, 4.69) is 17.1 Å². The van der Waals surface area contributed by atoms with Crippen LogP contribution in [0.2, 0.25) is 0 Å².